The average molecular weight is 166 g/mol. The number of hydrogen-bond acceptors (Lipinski definition) is 1. The van der Waals surface area contributed by atoms with Gasteiger partial charge in [-0.05, 0) is 23.3 Å². The Kier molecular flexibility index (Phi) is 2.41. The van der Waals surface area contributed by atoms with Crippen LogP contribution in [-0.2, 0) is 4.79 Å². The summed E-state index contributed by atoms with van der Waals surface area (Å²) in [5, 5.41) is 0. The van der Waals surface area contributed by atoms with Gasteiger partial charge in [-0.1, -0.05) is 33.8 Å². The molecule has 1 rings (SSSR count). The number of carbonyl (C=O) groups excluding carboxylic acids is 1. The van der Waals surface area contributed by atoms with Gasteiger partial charge in [0.05, 0.1) is 0 Å². The first-order valence-electron chi connectivity index (χ1n) is 4.66. The minimum Gasteiger partial charge on any atom is -0.295 e. The van der Waals surface area contributed by atoms with Crippen LogP contribution in [0, 0.1) is 11.3 Å². The summed E-state index contributed by atoms with van der Waals surface area (Å²) in [6.45, 7) is 8.55. The predicted octanol–water partition coefficient (Wildman–Crippen LogP) is 2.96. The fraction of sp³-hybridized carbons (Fsp3) is 0.727. The highest BCUT2D eigenvalue weighted by molar-refractivity contribution is 5.98. The van der Waals surface area contributed by atoms with Crippen LogP contribution >= 0.6 is 0 Å². The van der Waals surface area contributed by atoms with Gasteiger partial charge in [-0.2, -0.15) is 0 Å². The van der Waals surface area contributed by atoms with Crippen molar-refractivity contribution in [3.63, 3.8) is 0 Å². The van der Waals surface area contributed by atoms with Crippen molar-refractivity contribution in [1.29, 1.82) is 0 Å². The molecule has 0 amide bonds. The molecule has 0 saturated carbocycles. The molecule has 0 aromatic carbocycles. The van der Waals surface area contributed by atoms with E-state index in [2.05, 4.69) is 33.8 Å². The Balaban J connectivity index is 2.71. The number of ketones is 1. The van der Waals surface area contributed by atoms with Crippen LogP contribution in [-0.4, -0.2) is 5.78 Å². The van der Waals surface area contributed by atoms with Crippen molar-refractivity contribution in [2.24, 2.45) is 11.3 Å². The average Bonchev–Trinajstić information content (AvgIpc) is 2.03. The SMILES string of the molecule is CC(C)CC1=CC(C)(C)CC1=O. The minimum atomic E-state index is 0.112. The first-order valence-corrected chi connectivity index (χ1v) is 4.66. The summed E-state index contributed by atoms with van der Waals surface area (Å²) in [4.78, 5) is 11.5. The molecule has 0 radical (unpaired) electrons. The van der Waals surface area contributed by atoms with E-state index in [-0.39, 0.29) is 5.41 Å². The van der Waals surface area contributed by atoms with Gasteiger partial charge in [0, 0.05) is 6.42 Å². The minimum absolute atomic E-state index is 0.112. The van der Waals surface area contributed by atoms with Crippen LogP contribution in [0.2, 0.25) is 0 Å². The fourth-order valence-electron chi connectivity index (χ4n) is 1.74. The second-order valence-corrected chi connectivity index (χ2v) is 4.86. The van der Waals surface area contributed by atoms with E-state index >= 15 is 0 Å². The summed E-state index contributed by atoms with van der Waals surface area (Å²) in [6, 6.07) is 0. The topological polar surface area (TPSA) is 17.1 Å². The number of hydrogen-bond donors (Lipinski definition) is 0. The van der Waals surface area contributed by atoms with E-state index in [9.17, 15) is 4.79 Å². The zero-order valence-electron chi connectivity index (χ0n) is 8.48. The summed E-state index contributed by atoms with van der Waals surface area (Å²) in [5.74, 6) is 0.947. The molecule has 0 bridgehead atoms. The van der Waals surface area contributed by atoms with Gasteiger partial charge in [-0.25, -0.2) is 0 Å². The van der Waals surface area contributed by atoms with Crippen molar-refractivity contribution >= 4 is 5.78 Å². The van der Waals surface area contributed by atoms with Crippen molar-refractivity contribution in [3.8, 4) is 0 Å². The summed E-state index contributed by atoms with van der Waals surface area (Å²) >= 11 is 0. The molecule has 0 atom stereocenters. The second kappa shape index (κ2) is 3.04. The van der Waals surface area contributed by atoms with Gasteiger partial charge < -0.3 is 0 Å². The number of rotatable bonds is 2. The lowest BCUT2D eigenvalue weighted by Crippen LogP contribution is -2.05. The Hall–Kier alpha value is -0.590. The smallest absolute Gasteiger partial charge is 0.159 e. The molecular formula is C11H18O. The van der Waals surface area contributed by atoms with E-state index in [1.165, 1.54) is 0 Å². The van der Waals surface area contributed by atoms with Crippen molar-refractivity contribution in [2.75, 3.05) is 0 Å². The zero-order chi connectivity index (χ0) is 9.35. The number of allylic oxidation sites excluding steroid dienone is 2. The van der Waals surface area contributed by atoms with Crippen LogP contribution in [0.1, 0.15) is 40.5 Å². The monoisotopic (exact) mass is 166 g/mol. The molecule has 12 heavy (non-hydrogen) atoms. The molecule has 0 aliphatic heterocycles. The van der Waals surface area contributed by atoms with Gasteiger partial charge in [-0.15, -0.1) is 0 Å². The van der Waals surface area contributed by atoms with Gasteiger partial charge in [0.1, 0.15) is 0 Å². The molecule has 68 valence electrons. The lowest BCUT2D eigenvalue weighted by atomic mass is 9.93. The molecule has 1 aliphatic rings. The molecule has 0 aromatic heterocycles. The third-order valence-electron chi connectivity index (χ3n) is 2.17. The van der Waals surface area contributed by atoms with E-state index in [1.807, 2.05) is 0 Å². The molecule has 0 fully saturated rings. The van der Waals surface area contributed by atoms with E-state index in [4.69, 9.17) is 0 Å². The van der Waals surface area contributed by atoms with Crippen molar-refractivity contribution in [1.82, 2.24) is 0 Å². The Morgan fingerprint density at radius 1 is 1.50 bits per heavy atom. The van der Waals surface area contributed by atoms with Crippen molar-refractivity contribution in [3.05, 3.63) is 11.6 Å². The first-order chi connectivity index (χ1) is 5.41. The first kappa shape index (κ1) is 9.50. The summed E-state index contributed by atoms with van der Waals surface area (Å²) in [7, 11) is 0. The predicted molar refractivity (Wildman–Crippen MR) is 50.9 cm³/mol. The molecular weight excluding hydrogens is 148 g/mol. The maximum atomic E-state index is 11.5. The third kappa shape index (κ3) is 2.20. The zero-order valence-corrected chi connectivity index (χ0v) is 8.48. The lowest BCUT2D eigenvalue weighted by molar-refractivity contribution is -0.116. The van der Waals surface area contributed by atoms with E-state index < -0.39 is 0 Å². The molecule has 0 saturated heterocycles. The molecule has 1 heteroatoms. The van der Waals surface area contributed by atoms with Crippen LogP contribution in [0.5, 0.6) is 0 Å². The van der Waals surface area contributed by atoms with E-state index in [1.54, 1.807) is 0 Å². The Morgan fingerprint density at radius 3 is 2.42 bits per heavy atom. The summed E-state index contributed by atoms with van der Waals surface area (Å²) < 4.78 is 0. The van der Waals surface area contributed by atoms with Crippen LogP contribution < -0.4 is 0 Å². The molecule has 0 N–H and O–H groups in total. The van der Waals surface area contributed by atoms with Crippen LogP contribution in [0.4, 0.5) is 0 Å². The maximum Gasteiger partial charge on any atom is 0.159 e. The second-order valence-electron chi connectivity index (χ2n) is 4.86. The molecule has 0 aromatic rings. The number of Topliss-reactive ketones (excluding diaryl/α,β-unsaturated/α-hetero) is 1. The summed E-state index contributed by atoms with van der Waals surface area (Å²) in [6.07, 6.45) is 3.80. The third-order valence-corrected chi connectivity index (χ3v) is 2.17. The highest BCUT2D eigenvalue weighted by atomic mass is 16.1. The molecule has 0 spiro atoms. The fourth-order valence-corrected chi connectivity index (χ4v) is 1.74. The summed E-state index contributed by atoms with van der Waals surface area (Å²) in [5.41, 5.74) is 1.16. The Bertz CT molecular complexity index is 221. The molecule has 1 aliphatic carbocycles. The van der Waals surface area contributed by atoms with Crippen molar-refractivity contribution in [2.45, 2.75) is 40.5 Å². The lowest BCUT2D eigenvalue weighted by Gasteiger charge is -2.10. The standard InChI is InChI=1S/C11H18O/c1-8(2)5-9-6-11(3,4)7-10(9)12/h6,8H,5,7H2,1-4H3. The van der Waals surface area contributed by atoms with Gasteiger partial charge in [0.25, 0.3) is 0 Å². The van der Waals surface area contributed by atoms with E-state index in [0.717, 1.165) is 12.0 Å². The molecule has 0 heterocycles. The van der Waals surface area contributed by atoms with E-state index in [0.29, 0.717) is 18.1 Å². The highest BCUT2D eigenvalue weighted by Crippen LogP contribution is 2.34. The Labute approximate surface area is 74.9 Å². The maximum absolute atomic E-state index is 11.5. The normalized spacial score (nSPS) is 21.8. The largest absolute Gasteiger partial charge is 0.295 e. The van der Waals surface area contributed by atoms with Gasteiger partial charge in [-0.3, -0.25) is 4.79 Å². The quantitative estimate of drug-likeness (QED) is 0.616. The van der Waals surface area contributed by atoms with Crippen LogP contribution in [0.25, 0.3) is 0 Å². The van der Waals surface area contributed by atoms with Crippen LogP contribution in [0.15, 0.2) is 11.6 Å². The highest BCUT2D eigenvalue weighted by Gasteiger charge is 2.29. The Morgan fingerprint density at radius 2 is 2.08 bits per heavy atom. The van der Waals surface area contributed by atoms with Crippen molar-refractivity contribution < 1.29 is 4.79 Å². The van der Waals surface area contributed by atoms with Gasteiger partial charge in [0.2, 0.25) is 0 Å². The molecule has 1 nitrogen and oxygen atoms in total. The van der Waals surface area contributed by atoms with Gasteiger partial charge >= 0.3 is 0 Å². The van der Waals surface area contributed by atoms with Crippen LogP contribution in [0.3, 0.4) is 0 Å². The molecule has 0 unspecified atom stereocenters. The van der Waals surface area contributed by atoms with Gasteiger partial charge in [0.15, 0.2) is 5.78 Å². The number of carbonyl (C=O) groups is 1.